The van der Waals surface area contributed by atoms with Crippen molar-refractivity contribution in [3.63, 3.8) is 0 Å². The van der Waals surface area contributed by atoms with Gasteiger partial charge in [-0.1, -0.05) is 17.7 Å². The highest BCUT2D eigenvalue weighted by atomic mass is 35.5. The predicted molar refractivity (Wildman–Crippen MR) is 63.3 cm³/mol. The van der Waals surface area contributed by atoms with Crippen molar-refractivity contribution < 1.29 is 4.74 Å². The second kappa shape index (κ2) is 4.73. The van der Waals surface area contributed by atoms with Gasteiger partial charge >= 0.3 is 0 Å². The average molecular weight is 227 g/mol. The quantitative estimate of drug-likeness (QED) is 0.778. The molecular weight excluding hydrogens is 212 g/mol. The molecule has 82 valence electrons. The molecule has 0 radical (unpaired) electrons. The first kappa shape index (κ1) is 10.6. The molecule has 0 saturated carbocycles. The second-order valence-corrected chi connectivity index (χ2v) is 4.22. The van der Waals surface area contributed by atoms with Crippen molar-refractivity contribution >= 4 is 23.0 Å². The molecule has 0 bridgehead atoms. The van der Waals surface area contributed by atoms with Gasteiger partial charge in [-0.05, 0) is 18.6 Å². The van der Waals surface area contributed by atoms with Crippen LogP contribution in [0.4, 0.5) is 11.4 Å². The number of anilines is 2. The summed E-state index contributed by atoms with van der Waals surface area (Å²) in [5, 5.41) is 3.96. The monoisotopic (exact) mass is 226 g/mol. The fraction of sp³-hybridized carbons (Fsp3) is 0.455. The number of halogens is 1. The van der Waals surface area contributed by atoms with E-state index in [4.69, 9.17) is 22.1 Å². The average Bonchev–Trinajstić information content (AvgIpc) is 2.70. The van der Waals surface area contributed by atoms with Crippen LogP contribution in [0.2, 0.25) is 5.02 Å². The number of rotatable bonds is 3. The van der Waals surface area contributed by atoms with E-state index in [1.54, 1.807) is 0 Å². The van der Waals surface area contributed by atoms with E-state index in [0.29, 0.717) is 16.6 Å². The van der Waals surface area contributed by atoms with Crippen LogP contribution in [-0.4, -0.2) is 19.8 Å². The van der Waals surface area contributed by atoms with Gasteiger partial charge < -0.3 is 15.8 Å². The van der Waals surface area contributed by atoms with Crippen molar-refractivity contribution in [3.8, 4) is 0 Å². The molecule has 1 aromatic rings. The Morgan fingerprint density at radius 1 is 1.53 bits per heavy atom. The number of hydrogen-bond acceptors (Lipinski definition) is 3. The van der Waals surface area contributed by atoms with Crippen molar-refractivity contribution in [1.82, 2.24) is 0 Å². The van der Waals surface area contributed by atoms with Crippen LogP contribution in [0, 0.1) is 5.92 Å². The standard InChI is InChI=1S/C11H15ClN2O/c12-9-2-1-3-10(13)11(9)14-6-8-4-5-15-7-8/h1-3,8,14H,4-7,13H2. The highest BCUT2D eigenvalue weighted by molar-refractivity contribution is 6.33. The fourth-order valence-corrected chi connectivity index (χ4v) is 1.97. The molecule has 1 aliphatic heterocycles. The molecule has 0 spiro atoms. The molecule has 3 nitrogen and oxygen atoms in total. The van der Waals surface area contributed by atoms with Crippen LogP contribution in [-0.2, 0) is 4.74 Å². The van der Waals surface area contributed by atoms with E-state index in [9.17, 15) is 0 Å². The summed E-state index contributed by atoms with van der Waals surface area (Å²) < 4.78 is 5.30. The van der Waals surface area contributed by atoms with Crippen LogP contribution >= 0.6 is 11.6 Å². The Kier molecular flexibility index (Phi) is 3.34. The molecular formula is C11H15ClN2O. The van der Waals surface area contributed by atoms with Crippen molar-refractivity contribution in [2.75, 3.05) is 30.8 Å². The number of nitrogen functional groups attached to an aromatic ring is 1. The number of nitrogens with two attached hydrogens (primary N) is 1. The summed E-state index contributed by atoms with van der Waals surface area (Å²) in [5.74, 6) is 0.570. The molecule has 2 rings (SSSR count). The fourth-order valence-electron chi connectivity index (χ4n) is 1.72. The molecule has 3 N–H and O–H groups in total. The Bertz CT molecular complexity index is 317. The SMILES string of the molecule is Nc1cccc(Cl)c1NCC1CCOC1. The lowest BCUT2D eigenvalue weighted by Gasteiger charge is -2.13. The van der Waals surface area contributed by atoms with Crippen LogP contribution in [0.5, 0.6) is 0 Å². The normalized spacial score (nSPS) is 20.5. The van der Waals surface area contributed by atoms with E-state index in [1.165, 1.54) is 0 Å². The molecule has 1 saturated heterocycles. The largest absolute Gasteiger partial charge is 0.397 e. The third-order valence-corrected chi connectivity index (χ3v) is 2.95. The predicted octanol–water partition coefficient (Wildman–Crippen LogP) is 2.37. The molecule has 1 aromatic carbocycles. The van der Waals surface area contributed by atoms with E-state index in [1.807, 2.05) is 18.2 Å². The van der Waals surface area contributed by atoms with Crippen LogP contribution in [0.1, 0.15) is 6.42 Å². The molecule has 1 unspecified atom stereocenters. The lowest BCUT2D eigenvalue weighted by atomic mass is 10.1. The Morgan fingerprint density at radius 3 is 3.07 bits per heavy atom. The molecule has 1 aliphatic rings. The summed E-state index contributed by atoms with van der Waals surface area (Å²) in [4.78, 5) is 0. The summed E-state index contributed by atoms with van der Waals surface area (Å²) in [6.45, 7) is 2.57. The zero-order chi connectivity index (χ0) is 10.7. The zero-order valence-electron chi connectivity index (χ0n) is 8.50. The summed E-state index contributed by atoms with van der Waals surface area (Å²) in [6, 6.07) is 5.53. The maximum atomic E-state index is 6.04. The number of benzene rings is 1. The molecule has 1 atom stereocenters. The molecule has 0 amide bonds. The molecule has 0 aromatic heterocycles. The lowest BCUT2D eigenvalue weighted by molar-refractivity contribution is 0.187. The van der Waals surface area contributed by atoms with Crippen molar-refractivity contribution in [2.45, 2.75) is 6.42 Å². The minimum Gasteiger partial charge on any atom is -0.397 e. The number of nitrogens with one attached hydrogen (secondary N) is 1. The van der Waals surface area contributed by atoms with Crippen LogP contribution in [0.15, 0.2) is 18.2 Å². The highest BCUT2D eigenvalue weighted by Crippen LogP contribution is 2.28. The van der Waals surface area contributed by atoms with Crippen LogP contribution < -0.4 is 11.1 Å². The zero-order valence-corrected chi connectivity index (χ0v) is 9.26. The third-order valence-electron chi connectivity index (χ3n) is 2.64. The van der Waals surface area contributed by atoms with Gasteiger partial charge in [0.25, 0.3) is 0 Å². The maximum absolute atomic E-state index is 6.04. The van der Waals surface area contributed by atoms with Gasteiger partial charge in [-0.2, -0.15) is 0 Å². The van der Waals surface area contributed by atoms with Gasteiger partial charge in [0, 0.05) is 19.1 Å². The Labute approximate surface area is 94.6 Å². The summed E-state index contributed by atoms with van der Waals surface area (Å²) in [5.41, 5.74) is 7.36. The minimum absolute atomic E-state index is 0.570. The Morgan fingerprint density at radius 2 is 2.40 bits per heavy atom. The highest BCUT2D eigenvalue weighted by Gasteiger charge is 2.15. The maximum Gasteiger partial charge on any atom is 0.0763 e. The second-order valence-electron chi connectivity index (χ2n) is 3.81. The van der Waals surface area contributed by atoms with Gasteiger partial charge in [0.1, 0.15) is 0 Å². The summed E-state index contributed by atoms with van der Waals surface area (Å²) in [7, 11) is 0. The van der Waals surface area contributed by atoms with Gasteiger partial charge in [-0.3, -0.25) is 0 Å². The van der Waals surface area contributed by atoms with E-state index in [2.05, 4.69) is 5.32 Å². The molecule has 15 heavy (non-hydrogen) atoms. The van der Waals surface area contributed by atoms with Crippen molar-refractivity contribution in [1.29, 1.82) is 0 Å². The van der Waals surface area contributed by atoms with Crippen molar-refractivity contribution in [2.24, 2.45) is 5.92 Å². The number of ether oxygens (including phenoxy) is 1. The molecule has 4 heteroatoms. The number of para-hydroxylation sites is 1. The summed E-state index contributed by atoms with van der Waals surface area (Å²) >= 11 is 6.04. The molecule has 1 fully saturated rings. The van der Waals surface area contributed by atoms with Gasteiger partial charge in [0.15, 0.2) is 0 Å². The van der Waals surface area contributed by atoms with E-state index >= 15 is 0 Å². The first-order chi connectivity index (χ1) is 7.27. The minimum atomic E-state index is 0.570. The molecule has 1 heterocycles. The van der Waals surface area contributed by atoms with E-state index in [0.717, 1.165) is 31.9 Å². The lowest BCUT2D eigenvalue weighted by Crippen LogP contribution is -2.15. The Balaban J connectivity index is 1.97. The number of hydrogen-bond donors (Lipinski definition) is 2. The molecule has 0 aliphatic carbocycles. The van der Waals surface area contributed by atoms with E-state index in [-0.39, 0.29) is 0 Å². The smallest absolute Gasteiger partial charge is 0.0763 e. The van der Waals surface area contributed by atoms with Gasteiger partial charge in [-0.25, -0.2) is 0 Å². The van der Waals surface area contributed by atoms with Crippen LogP contribution in [0.25, 0.3) is 0 Å². The summed E-state index contributed by atoms with van der Waals surface area (Å²) in [6.07, 6.45) is 1.11. The Hall–Kier alpha value is -0.930. The van der Waals surface area contributed by atoms with Crippen LogP contribution in [0.3, 0.4) is 0 Å². The topological polar surface area (TPSA) is 47.3 Å². The van der Waals surface area contributed by atoms with Gasteiger partial charge in [-0.15, -0.1) is 0 Å². The van der Waals surface area contributed by atoms with E-state index < -0.39 is 0 Å². The van der Waals surface area contributed by atoms with Gasteiger partial charge in [0.2, 0.25) is 0 Å². The van der Waals surface area contributed by atoms with Gasteiger partial charge in [0.05, 0.1) is 23.0 Å². The van der Waals surface area contributed by atoms with Crippen molar-refractivity contribution in [3.05, 3.63) is 23.2 Å². The first-order valence-electron chi connectivity index (χ1n) is 5.13. The first-order valence-corrected chi connectivity index (χ1v) is 5.51. The third kappa shape index (κ3) is 2.55.